The molecule has 74 valence electrons. The quantitative estimate of drug-likeness (QED) is 0.764. The normalized spacial score (nSPS) is 13.2. The summed E-state index contributed by atoms with van der Waals surface area (Å²) in [7, 11) is 3.89. The minimum atomic E-state index is 0.368. The zero-order chi connectivity index (χ0) is 9.68. The van der Waals surface area contributed by atoms with Gasteiger partial charge in [-0.25, -0.2) is 0 Å². The van der Waals surface area contributed by atoms with Crippen LogP contribution in [-0.4, -0.2) is 34.1 Å². The Kier molecular flexibility index (Phi) is 4.24. The third kappa shape index (κ3) is 2.70. The molecule has 0 aliphatic heterocycles. The van der Waals surface area contributed by atoms with Crippen LogP contribution in [0.2, 0.25) is 0 Å². The smallest absolute Gasteiger partial charge is 0.0753 e. The first kappa shape index (κ1) is 10.5. The van der Waals surface area contributed by atoms with E-state index in [1.807, 2.05) is 36.7 Å². The second kappa shape index (κ2) is 5.24. The van der Waals surface area contributed by atoms with Gasteiger partial charge in [0.1, 0.15) is 0 Å². The molecule has 0 spiro atoms. The molecule has 0 saturated carbocycles. The van der Waals surface area contributed by atoms with E-state index in [0.29, 0.717) is 6.04 Å². The number of thioether (sulfide) groups is 1. The SMILES string of the molecule is CNC(CCSC)c1cnnn1C. The number of aryl methyl sites for hydroxylation is 1. The van der Waals surface area contributed by atoms with Gasteiger partial charge in [0, 0.05) is 7.05 Å². The Balaban J connectivity index is 2.61. The fourth-order valence-electron chi connectivity index (χ4n) is 1.29. The Labute approximate surface area is 83.1 Å². The van der Waals surface area contributed by atoms with E-state index in [1.165, 1.54) is 0 Å². The van der Waals surface area contributed by atoms with Gasteiger partial charge in [0.25, 0.3) is 0 Å². The summed E-state index contributed by atoms with van der Waals surface area (Å²) < 4.78 is 1.82. The first-order valence-electron chi connectivity index (χ1n) is 4.30. The van der Waals surface area contributed by atoms with E-state index in [4.69, 9.17) is 0 Å². The fourth-order valence-corrected chi connectivity index (χ4v) is 1.76. The summed E-state index contributed by atoms with van der Waals surface area (Å²) in [5.74, 6) is 1.15. The zero-order valence-electron chi connectivity index (χ0n) is 8.32. The first-order valence-corrected chi connectivity index (χ1v) is 5.69. The van der Waals surface area contributed by atoms with Crippen LogP contribution in [0.25, 0.3) is 0 Å². The van der Waals surface area contributed by atoms with Gasteiger partial charge < -0.3 is 5.32 Å². The molecule has 1 aromatic rings. The molecule has 1 heterocycles. The molecule has 5 heteroatoms. The number of hydrogen-bond donors (Lipinski definition) is 1. The molecule has 1 atom stereocenters. The molecule has 0 fully saturated rings. The number of aromatic nitrogens is 3. The van der Waals surface area contributed by atoms with Gasteiger partial charge in [-0.05, 0) is 25.5 Å². The van der Waals surface area contributed by atoms with Crippen molar-refractivity contribution in [3.8, 4) is 0 Å². The molecule has 1 unspecified atom stereocenters. The number of nitrogens with zero attached hydrogens (tertiary/aromatic N) is 3. The summed E-state index contributed by atoms with van der Waals surface area (Å²) in [5, 5.41) is 11.0. The van der Waals surface area contributed by atoms with Crippen molar-refractivity contribution in [2.24, 2.45) is 7.05 Å². The molecule has 1 N–H and O–H groups in total. The van der Waals surface area contributed by atoms with Gasteiger partial charge in [0.15, 0.2) is 0 Å². The van der Waals surface area contributed by atoms with Crippen molar-refractivity contribution < 1.29 is 0 Å². The van der Waals surface area contributed by atoms with Crippen LogP contribution in [0.3, 0.4) is 0 Å². The molecule has 0 aliphatic carbocycles. The molecule has 0 radical (unpaired) electrons. The molecule has 0 saturated heterocycles. The van der Waals surface area contributed by atoms with E-state index in [1.54, 1.807) is 0 Å². The fraction of sp³-hybridized carbons (Fsp3) is 0.750. The van der Waals surface area contributed by atoms with Crippen LogP contribution in [0.5, 0.6) is 0 Å². The lowest BCUT2D eigenvalue weighted by atomic mass is 10.2. The van der Waals surface area contributed by atoms with Gasteiger partial charge in [-0.1, -0.05) is 5.21 Å². The van der Waals surface area contributed by atoms with E-state index in [2.05, 4.69) is 21.9 Å². The Morgan fingerprint density at radius 3 is 2.92 bits per heavy atom. The topological polar surface area (TPSA) is 42.7 Å². The van der Waals surface area contributed by atoms with Gasteiger partial charge >= 0.3 is 0 Å². The van der Waals surface area contributed by atoms with Crippen molar-refractivity contribution in [3.05, 3.63) is 11.9 Å². The van der Waals surface area contributed by atoms with Crippen molar-refractivity contribution in [3.63, 3.8) is 0 Å². The predicted molar refractivity (Wildman–Crippen MR) is 55.8 cm³/mol. The van der Waals surface area contributed by atoms with Gasteiger partial charge in [0.05, 0.1) is 17.9 Å². The first-order chi connectivity index (χ1) is 6.29. The van der Waals surface area contributed by atoms with Gasteiger partial charge in [-0.3, -0.25) is 4.68 Å². The third-order valence-electron chi connectivity index (χ3n) is 2.07. The second-order valence-corrected chi connectivity index (χ2v) is 3.89. The van der Waals surface area contributed by atoms with Crippen molar-refractivity contribution >= 4 is 11.8 Å². The van der Waals surface area contributed by atoms with E-state index >= 15 is 0 Å². The maximum Gasteiger partial charge on any atom is 0.0753 e. The summed E-state index contributed by atoms with van der Waals surface area (Å²) in [5.41, 5.74) is 1.15. The Morgan fingerprint density at radius 2 is 2.46 bits per heavy atom. The summed E-state index contributed by atoms with van der Waals surface area (Å²) in [4.78, 5) is 0. The Morgan fingerprint density at radius 1 is 1.69 bits per heavy atom. The van der Waals surface area contributed by atoms with E-state index in [-0.39, 0.29) is 0 Å². The Hall–Kier alpha value is -0.550. The largest absolute Gasteiger partial charge is 0.312 e. The lowest BCUT2D eigenvalue weighted by molar-refractivity contribution is 0.527. The van der Waals surface area contributed by atoms with Gasteiger partial charge in [0.2, 0.25) is 0 Å². The van der Waals surface area contributed by atoms with Crippen LogP contribution in [0.4, 0.5) is 0 Å². The molecule has 0 aliphatic rings. The maximum atomic E-state index is 3.91. The molecule has 0 aromatic carbocycles. The van der Waals surface area contributed by atoms with Crippen molar-refractivity contribution in [2.75, 3.05) is 19.1 Å². The molecular weight excluding hydrogens is 184 g/mol. The van der Waals surface area contributed by atoms with Crippen LogP contribution in [0.1, 0.15) is 18.2 Å². The minimum Gasteiger partial charge on any atom is -0.312 e. The van der Waals surface area contributed by atoms with Crippen LogP contribution in [-0.2, 0) is 7.05 Å². The second-order valence-electron chi connectivity index (χ2n) is 2.91. The lowest BCUT2D eigenvalue weighted by Crippen LogP contribution is -2.20. The van der Waals surface area contributed by atoms with E-state index in [9.17, 15) is 0 Å². The van der Waals surface area contributed by atoms with Crippen LogP contribution >= 0.6 is 11.8 Å². The highest BCUT2D eigenvalue weighted by Crippen LogP contribution is 2.15. The number of rotatable bonds is 5. The van der Waals surface area contributed by atoms with Gasteiger partial charge in [-0.15, -0.1) is 5.10 Å². The Bertz CT molecular complexity index is 248. The standard InChI is InChI=1S/C8H16N4S/c1-9-7(4-5-13-3)8-6-10-11-12(8)2/h6-7,9H,4-5H2,1-3H3. The van der Waals surface area contributed by atoms with Crippen molar-refractivity contribution in [1.29, 1.82) is 0 Å². The molecule has 0 bridgehead atoms. The molecule has 0 amide bonds. The zero-order valence-corrected chi connectivity index (χ0v) is 9.14. The number of hydrogen-bond acceptors (Lipinski definition) is 4. The third-order valence-corrected chi connectivity index (χ3v) is 2.71. The van der Waals surface area contributed by atoms with Crippen molar-refractivity contribution in [1.82, 2.24) is 20.3 Å². The van der Waals surface area contributed by atoms with Crippen molar-refractivity contribution in [2.45, 2.75) is 12.5 Å². The van der Waals surface area contributed by atoms with Crippen LogP contribution in [0, 0.1) is 0 Å². The number of nitrogens with one attached hydrogen (secondary N) is 1. The summed E-state index contributed by atoms with van der Waals surface area (Å²) in [6.45, 7) is 0. The molecule has 4 nitrogen and oxygen atoms in total. The van der Waals surface area contributed by atoms with Crippen LogP contribution in [0.15, 0.2) is 6.20 Å². The van der Waals surface area contributed by atoms with Gasteiger partial charge in [-0.2, -0.15) is 11.8 Å². The monoisotopic (exact) mass is 200 g/mol. The minimum absolute atomic E-state index is 0.368. The highest BCUT2D eigenvalue weighted by molar-refractivity contribution is 7.98. The van der Waals surface area contributed by atoms with E-state index < -0.39 is 0 Å². The highest BCUT2D eigenvalue weighted by atomic mass is 32.2. The maximum absolute atomic E-state index is 3.91. The average molecular weight is 200 g/mol. The summed E-state index contributed by atoms with van der Waals surface area (Å²) >= 11 is 1.86. The molecule has 1 rings (SSSR count). The molecular formula is C8H16N4S. The van der Waals surface area contributed by atoms with E-state index in [0.717, 1.165) is 17.9 Å². The predicted octanol–water partition coefficient (Wildman–Crippen LogP) is 0.829. The lowest BCUT2D eigenvalue weighted by Gasteiger charge is -2.14. The summed E-state index contributed by atoms with van der Waals surface area (Å²) in [6.07, 6.45) is 5.05. The average Bonchev–Trinajstić information content (AvgIpc) is 2.54. The summed E-state index contributed by atoms with van der Waals surface area (Å²) in [6, 6.07) is 0.368. The molecule has 13 heavy (non-hydrogen) atoms. The van der Waals surface area contributed by atoms with Crippen LogP contribution < -0.4 is 5.32 Å². The molecule has 1 aromatic heterocycles. The highest BCUT2D eigenvalue weighted by Gasteiger charge is 2.12.